The van der Waals surface area contributed by atoms with Crippen molar-refractivity contribution in [1.29, 1.82) is 0 Å². The SMILES string of the molecule is CC/C(Cc1ccccc1)=C(\c1ccccc1)c1ccc(OC(CC)(CC)CN)cc1. The molecule has 3 aromatic rings. The third-order valence-corrected chi connectivity index (χ3v) is 6.24. The molecule has 0 fully saturated rings. The van der Waals surface area contributed by atoms with Gasteiger partial charge in [0.15, 0.2) is 0 Å². The molecule has 0 aliphatic rings. The van der Waals surface area contributed by atoms with Crippen LogP contribution in [0.3, 0.4) is 0 Å². The number of rotatable bonds is 10. The van der Waals surface area contributed by atoms with Crippen LogP contribution in [0.4, 0.5) is 0 Å². The van der Waals surface area contributed by atoms with Gasteiger partial charge in [-0.3, -0.25) is 0 Å². The highest BCUT2D eigenvalue weighted by molar-refractivity contribution is 5.82. The van der Waals surface area contributed by atoms with Crippen molar-refractivity contribution in [3.63, 3.8) is 0 Å². The predicted octanol–water partition coefficient (Wildman–Crippen LogP) is 7.04. The molecule has 0 aromatic heterocycles. The second-order valence-electron chi connectivity index (χ2n) is 8.08. The molecule has 0 radical (unpaired) electrons. The van der Waals surface area contributed by atoms with Crippen LogP contribution in [0.15, 0.2) is 90.5 Å². The largest absolute Gasteiger partial charge is 0.486 e. The lowest BCUT2D eigenvalue weighted by Gasteiger charge is -2.31. The van der Waals surface area contributed by atoms with Crippen molar-refractivity contribution in [2.24, 2.45) is 5.73 Å². The number of hydrogen-bond acceptors (Lipinski definition) is 2. The fraction of sp³-hybridized carbons (Fsp3) is 0.310. The Kier molecular flexibility index (Phi) is 8.08. The van der Waals surface area contributed by atoms with E-state index in [1.165, 1.54) is 27.8 Å². The third kappa shape index (κ3) is 5.65. The highest BCUT2D eigenvalue weighted by atomic mass is 16.5. The quantitative estimate of drug-likeness (QED) is 0.387. The minimum absolute atomic E-state index is 0.290. The Bertz CT molecular complexity index is 946. The Morgan fingerprint density at radius 3 is 1.81 bits per heavy atom. The highest BCUT2D eigenvalue weighted by Gasteiger charge is 2.26. The highest BCUT2D eigenvalue weighted by Crippen LogP contribution is 2.32. The minimum atomic E-state index is -0.290. The van der Waals surface area contributed by atoms with E-state index in [1.807, 2.05) is 0 Å². The first kappa shape index (κ1) is 22.8. The maximum atomic E-state index is 6.33. The summed E-state index contributed by atoms with van der Waals surface area (Å²) < 4.78 is 6.33. The molecule has 2 nitrogen and oxygen atoms in total. The molecule has 0 saturated heterocycles. The van der Waals surface area contributed by atoms with Gasteiger partial charge < -0.3 is 10.5 Å². The van der Waals surface area contributed by atoms with Crippen LogP contribution < -0.4 is 10.5 Å². The first-order valence-corrected chi connectivity index (χ1v) is 11.5. The summed E-state index contributed by atoms with van der Waals surface area (Å²) in [6.45, 7) is 7.04. The molecule has 0 bridgehead atoms. The molecule has 3 rings (SSSR count). The van der Waals surface area contributed by atoms with Gasteiger partial charge in [0.1, 0.15) is 11.4 Å². The van der Waals surface area contributed by atoms with E-state index in [1.54, 1.807) is 0 Å². The molecule has 0 atom stereocenters. The van der Waals surface area contributed by atoms with E-state index >= 15 is 0 Å². The maximum absolute atomic E-state index is 6.33. The second kappa shape index (κ2) is 11.0. The van der Waals surface area contributed by atoms with Crippen molar-refractivity contribution < 1.29 is 4.74 Å². The van der Waals surface area contributed by atoms with Crippen molar-refractivity contribution in [2.75, 3.05) is 6.54 Å². The Balaban J connectivity index is 2.00. The lowest BCUT2D eigenvalue weighted by Crippen LogP contribution is -2.42. The average molecular weight is 414 g/mol. The number of hydrogen-bond donors (Lipinski definition) is 1. The molecule has 0 saturated carbocycles. The molecule has 2 N–H and O–H groups in total. The van der Waals surface area contributed by atoms with Gasteiger partial charge in [0.2, 0.25) is 0 Å². The minimum Gasteiger partial charge on any atom is -0.486 e. The number of nitrogens with two attached hydrogens (primary N) is 1. The predicted molar refractivity (Wildman–Crippen MR) is 132 cm³/mol. The molecular formula is C29H35NO. The lowest BCUT2D eigenvalue weighted by molar-refractivity contribution is 0.0692. The first-order chi connectivity index (χ1) is 15.1. The van der Waals surface area contributed by atoms with E-state index < -0.39 is 0 Å². The van der Waals surface area contributed by atoms with Gasteiger partial charge in [-0.1, -0.05) is 99.1 Å². The van der Waals surface area contributed by atoms with Gasteiger partial charge in [-0.05, 0) is 60.1 Å². The summed E-state index contributed by atoms with van der Waals surface area (Å²) in [6, 6.07) is 30.0. The standard InChI is InChI=1S/C29H35NO/c1-4-24(21-23-13-9-7-10-14-23)28(25-15-11-8-12-16-25)26-17-19-27(20-18-26)31-29(5-2,6-3)22-30/h7-20H,4-6,21-22,30H2,1-3H3/b28-24-. The van der Waals surface area contributed by atoms with E-state index in [9.17, 15) is 0 Å². The second-order valence-corrected chi connectivity index (χ2v) is 8.08. The van der Waals surface area contributed by atoms with E-state index in [2.05, 4.69) is 106 Å². The van der Waals surface area contributed by atoms with Gasteiger partial charge >= 0.3 is 0 Å². The fourth-order valence-corrected chi connectivity index (χ4v) is 4.08. The zero-order valence-corrected chi connectivity index (χ0v) is 19.1. The van der Waals surface area contributed by atoms with Crippen molar-refractivity contribution >= 4 is 5.57 Å². The van der Waals surface area contributed by atoms with E-state index in [0.717, 1.165) is 31.4 Å². The van der Waals surface area contributed by atoms with Gasteiger partial charge in [-0.15, -0.1) is 0 Å². The van der Waals surface area contributed by atoms with Crippen LogP contribution in [0.5, 0.6) is 5.75 Å². The Morgan fingerprint density at radius 1 is 0.742 bits per heavy atom. The van der Waals surface area contributed by atoms with Gasteiger partial charge in [-0.25, -0.2) is 0 Å². The van der Waals surface area contributed by atoms with Gasteiger partial charge in [0.05, 0.1) is 0 Å². The summed E-state index contributed by atoms with van der Waals surface area (Å²) in [7, 11) is 0. The average Bonchev–Trinajstić information content (AvgIpc) is 2.84. The number of ether oxygens (including phenoxy) is 1. The van der Waals surface area contributed by atoms with Gasteiger partial charge in [-0.2, -0.15) is 0 Å². The fourth-order valence-electron chi connectivity index (χ4n) is 4.08. The Morgan fingerprint density at radius 2 is 1.29 bits per heavy atom. The summed E-state index contributed by atoms with van der Waals surface area (Å²) in [5.41, 5.74) is 12.3. The smallest absolute Gasteiger partial charge is 0.121 e. The summed E-state index contributed by atoms with van der Waals surface area (Å²) in [4.78, 5) is 0. The maximum Gasteiger partial charge on any atom is 0.121 e. The van der Waals surface area contributed by atoms with E-state index in [4.69, 9.17) is 10.5 Å². The van der Waals surface area contributed by atoms with Crippen LogP contribution in [0.25, 0.3) is 5.57 Å². The summed E-state index contributed by atoms with van der Waals surface area (Å²) in [5.74, 6) is 0.881. The molecule has 2 heteroatoms. The van der Waals surface area contributed by atoms with Crippen LogP contribution in [0.2, 0.25) is 0 Å². The topological polar surface area (TPSA) is 35.2 Å². The lowest BCUT2D eigenvalue weighted by atomic mass is 9.88. The number of allylic oxidation sites excluding steroid dienone is 1. The molecule has 0 aliphatic carbocycles. The molecule has 0 amide bonds. The normalized spacial score (nSPS) is 12.4. The molecule has 162 valence electrons. The van der Waals surface area contributed by atoms with Crippen LogP contribution in [0, 0.1) is 0 Å². The third-order valence-electron chi connectivity index (χ3n) is 6.24. The summed E-state index contributed by atoms with van der Waals surface area (Å²) >= 11 is 0. The van der Waals surface area contributed by atoms with Gasteiger partial charge in [0.25, 0.3) is 0 Å². The van der Waals surface area contributed by atoms with Crippen molar-refractivity contribution in [2.45, 2.75) is 52.1 Å². The van der Waals surface area contributed by atoms with Crippen LogP contribution in [0.1, 0.15) is 56.7 Å². The van der Waals surface area contributed by atoms with Crippen LogP contribution >= 0.6 is 0 Å². The van der Waals surface area contributed by atoms with E-state index in [0.29, 0.717) is 6.54 Å². The van der Waals surface area contributed by atoms with Crippen molar-refractivity contribution in [3.05, 3.63) is 107 Å². The molecule has 0 heterocycles. The van der Waals surface area contributed by atoms with Crippen molar-refractivity contribution in [1.82, 2.24) is 0 Å². The molecule has 3 aromatic carbocycles. The Labute approximate surface area is 187 Å². The summed E-state index contributed by atoms with van der Waals surface area (Å²) in [5, 5.41) is 0. The first-order valence-electron chi connectivity index (χ1n) is 11.5. The zero-order chi connectivity index (χ0) is 22.1. The molecule has 0 unspecified atom stereocenters. The molecule has 0 aliphatic heterocycles. The summed E-state index contributed by atoms with van der Waals surface area (Å²) in [6.07, 6.45) is 3.74. The molecular weight excluding hydrogens is 378 g/mol. The van der Waals surface area contributed by atoms with E-state index in [-0.39, 0.29) is 5.60 Å². The zero-order valence-electron chi connectivity index (χ0n) is 19.1. The molecule has 0 spiro atoms. The number of benzene rings is 3. The van der Waals surface area contributed by atoms with Crippen LogP contribution in [-0.2, 0) is 6.42 Å². The van der Waals surface area contributed by atoms with Crippen LogP contribution in [-0.4, -0.2) is 12.1 Å². The monoisotopic (exact) mass is 413 g/mol. The van der Waals surface area contributed by atoms with Crippen molar-refractivity contribution in [3.8, 4) is 5.75 Å². The Hall–Kier alpha value is -2.84. The van der Waals surface area contributed by atoms with Gasteiger partial charge in [0, 0.05) is 6.54 Å². The molecule has 31 heavy (non-hydrogen) atoms.